The molecule has 0 aliphatic carbocycles. The lowest BCUT2D eigenvalue weighted by atomic mass is 10.1. The number of carbonyl (C=O) groups excluding carboxylic acids is 1. The Morgan fingerprint density at radius 3 is 2.58 bits per heavy atom. The van der Waals surface area contributed by atoms with Crippen LogP contribution in [-0.4, -0.2) is 30.6 Å². The van der Waals surface area contributed by atoms with Crippen molar-refractivity contribution in [1.29, 1.82) is 0 Å². The summed E-state index contributed by atoms with van der Waals surface area (Å²) in [6, 6.07) is 3.66. The molecule has 0 bridgehead atoms. The number of hydrogen-bond acceptors (Lipinski definition) is 4. The van der Waals surface area contributed by atoms with Gasteiger partial charge in [-0.3, -0.25) is 0 Å². The fraction of sp³-hybridized carbons (Fsp3) is 0.600. The Bertz CT molecular complexity index is 390. The standard InChI is InChI=1S/C15H24N2O2/c1-5-12(4)11-17(6-2)14-9-8-13(10-16-14)15(18)19-7-3/h8-10,12H,5-7,11H2,1-4H3. The average molecular weight is 264 g/mol. The molecule has 1 aromatic heterocycles. The van der Waals surface area contributed by atoms with Crippen LogP contribution in [-0.2, 0) is 4.74 Å². The van der Waals surface area contributed by atoms with Gasteiger partial charge in [-0.15, -0.1) is 0 Å². The van der Waals surface area contributed by atoms with Gasteiger partial charge in [0.2, 0.25) is 0 Å². The zero-order chi connectivity index (χ0) is 14.3. The van der Waals surface area contributed by atoms with Crippen LogP contribution >= 0.6 is 0 Å². The van der Waals surface area contributed by atoms with Crippen LogP contribution in [0.25, 0.3) is 0 Å². The molecular formula is C15H24N2O2. The van der Waals surface area contributed by atoms with Crippen LogP contribution in [0.1, 0.15) is 44.5 Å². The number of anilines is 1. The predicted octanol–water partition coefficient (Wildman–Crippen LogP) is 3.13. The Labute approximate surface area is 115 Å². The van der Waals surface area contributed by atoms with E-state index in [4.69, 9.17) is 4.74 Å². The van der Waals surface area contributed by atoms with Crippen LogP contribution in [0.4, 0.5) is 5.82 Å². The minimum atomic E-state index is -0.313. The molecule has 1 rings (SSSR count). The van der Waals surface area contributed by atoms with E-state index in [1.165, 1.54) is 0 Å². The van der Waals surface area contributed by atoms with E-state index in [0.717, 1.165) is 25.3 Å². The van der Waals surface area contributed by atoms with Crippen molar-refractivity contribution in [3.63, 3.8) is 0 Å². The fourth-order valence-electron chi connectivity index (χ4n) is 1.80. The Morgan fingerprint density at radius 1 is 1.37 bits per heavy atom. The second-order valence-corrected chi connectivity index (χ2v) is 4.68. The van der Waals surface area contributed by atoms with Gasteiger partial charge in [0.15, 0.2) is 0 Å². The molecule has 1 unspecified atom stereocenters. The largest absolute Gasteiger partial charge is 0.462 e. The molecule has 1 aromatic rings. The lowest BCUT2D eigenvalue weighted by Crippen LogP contribution is -2.28. The van der Waals surface area contributed by atoms with Crippen molar-refractivity contribution in [2.24, 2.45) is 5.92 Å². The van der Waals surface area contributed by atoms with E-state index < -0.39 is 0 Å². The summed E-state index contributed by atoms with van der Waals surface area (Å²) in [5.41, 5.74) is 0.505. The molecule has 0 radical (unpaired) electrons. The highest BCUT2D eigenvalue weighted by Gasteiger charge is 2.11. The normalized spacial score (nSPS) is 12.0. The molecule has 0 saturated heterocycles. The van der Waals surface area contributed by atoms with Gasteiger partial charge in [0.1, 0.15) is 5.82 Å². The van der Waals surface area contributed by atoms with Gasteiger partial charge in [0.25, 0.3) is 0 Å². The summed E-state index contributed by atoms with van der Waals surface area (Å²) in [6.45, 7) is 10.6. The number of esters is 1. The van der Waals surface area contributed by atoms with Crippen molar-refractivity contribution in [3.05, 3.63) is 23.9 Å². The van der Waals surface area contributed by atoms with Crippen molar-refractivity contribution in [3.8, 4) is 0 Å². The number of ether oxygens (including phenoxy) is 1. The third kappa shape index (κ3) is 4.54. The first-order valence-electron chi connectivity index (χ1n) is 7.00. The summed E-state index contributed by atoms with van der Waals surface area (Å²) >= 11 is 0. The molecule has 106 valence electrons. The van der Waals surface area contributed by atoms with Crippen molar-refractivity contribution in [2.75, 3.05) is 24.6 Å². The molecule has 0 aliphatic heterocycles. The Balaban J connectivity index is 2.75. The smallest absolute Gasteiger partial charge is 0.339 e. The quantitative estimate of drug-likeness (QED) is 0.710. The molecule has 4 heteroatoms. The van der Waals surface area contributed by atoms with E-state index in [2.05, 4.69) is 30.7 Å². The highest BCUT2D eigenvalue weighted by molar-refractivity contribution is 5.89. The monoisotopic (exact) mass is 264 g/mol. The molecule has 0 aliphatic rings. The molecule has 19 heavy (non-hydrogen) atoms. The first kappa shape index (κ1) is 15.5. The maximum atomic E-state index is 11.5. The highest BCUT2D eigenvalue weighted by Crippen LogP contribution is 2.15. The number of pyridine rings is 1. The molecular weight excluding hydrogens is 240 g/mol. The van der Waals surface area contributed by atoms with E-state index in [0.29, 0.717) is 18.1 Å². The van der Waals surface area contributed by atoms with Crippen LogP contribution < -0.4 is 4.90 Å². The third-order valence-electron chi connectivity index (χ3n) is 3.19. The minimum absolute atomic E-state index is 0.313. The topological polar surface area (TPSA) is 42.4 Å². The van der Waals surface area contributed by atoms with Crippen molar-refractivity contribution in [2.45, 2.75) is 34.1 Å². The molecule has 0 fully saturated rings. The molecule has 0 spiro atoms. The molecule has 0 aromatic carbocycles. The van der Waals surface area contributed by atoms with Crippen LogP contribution in [0.3, 0.4) is 0 Å². The molecule has 1 atom stereocenters. The van der Waals surface area contributed by atoms with Gasteiger partial charge in [0.05, 0.1) is 12.2 Å². The van der Waals surface area contributed by atoms with E-state index in [1.54, 1.807) is 19.2 Å². The molecule has 0 N–H and O–H groups in total. The lowest BCUT2D eigenvalue weighted by molar-refractivity contribution is 0.0526. The van der Waals surface area contributed by atoms with Crippen molar-refractivity contribution in [1.82, 2.24) is 4.98 Å². The van der Waals surface area contributed by atoms with Crippen molar-refractivity contribution >= 4 is 11.8 Å². The summed E-state index contributed by atoms with van der Waals surface area (Å²) in [6.07, 6.45) is 2.74. The zero-order valence-corrected chi connectivity index (χ0v) is 12.3. The Hall–Kier alpha value is -1.58. The zero-order valence-electron chi connectivity index (χ0n) is 12.3. The summed E-state index contributed by atoms with van der Waals surface area (Å²) in [5.74, 6) is 1.23. The van der Waals surface area contributed by atoms with Crippen LogP contribution in [0.2, 0.25) is 0 Å². The van der Waals surface area contributed by atoms with E-state index >= 15 is 0 Å². The maximum absolute atomic E-state index is 11.5. The van der Waals surface area contributed by atoms with Gasteiger partial charge >= 0.3 is 5.97 Å². The van der Waals surface area contributed by atoms with Crippen LogP contribution in [0.15, 0.2) is 18.3 Å². The second kappa shape index (κ2) is 7.77. The van der Waals surface area contributed by atoms with E-state index in [1.807, 2.05) is 6.07 Å². The molecule has 1 heterocycles. The minimum Gasteiger partial charge on any atom is -0.462 e. The first-order valence-corrected chi connectivity index (χ1v) is 7.00. The number of aromatic nitrogens is 1. The van der Waals surface area contributed by atoms with Gasteiger partial charge in [-0.2, -0.15) is 0 Å². The van der Waals surface area contributed by atoms with Crippen LogP contribution in [0.5, 0.6) is 0 Å². The maximum Gasteiger partial charge on any atom is 0.339 e. The summed E-state index contributed by atoms with van der Waals surface area (Å²) < 4.78 is 4.94. The Kier molecular flexibility index (Phi) is 6.33. The molecule has 0 amide bonds. The highest BCUT2D eigenvalue weighted by atomic mass is 16.5. The number of nitrogens with zero attached hydrogens (tertiary/aromatic N) is 2. The fourth-order valence-corrected chi connectivity index (χ4v) is 1.80. The van der Waals surface area contributed by atoms with Gasteiger partial charge in [-0.25, -0.2) is 9.78 Å². The van der Waals surface area contributed by atoms with E-state index in [-0.39, 0.29) is 5.97 Å². The van der Waals surface area contributed by atoms with E-state index in [9.17, 15) is 4.79 Å². The first-order chi connectivity index (χ1) is 9.12. The SMILES string of the molecule is CCOC(=O)c1ccc(N(CC)CC(C)CC)nc1. The number of rotatable bonds is 7. The molecule has 4 nitrogen and oxygen atoms in total. The summed E-state index contributed by atoms with van der Waals surface area (Å²) in [5, 5.41) is 0. The number of hydrogen-bond donors (Lipinski definition) is 0. The summed E-state index contributed by atoms with van der Waals surface area (Å²) in [4.78, 5) is 18.1. The summed E-state index contributed by atoms with van der Waals surface area (Å²) in [7, 11) is 0. The van der Waals surface area contributed by atoms with Gasteiger partial charge in [-0.05, 0) is 31.9 Å². The predicted molar refractivity (Wildman–Crippen MR) is 77.5 cm³/mol. The van der Waals surface area contributed by atoms with Gasteiger partial charge in [0, 0.05) is 19.3 Å². The second-order valence-electron chi connectivity index (χ2n) is 4.68. The van der Waals surface area contributed by atoms with Crippen molar-refractivity contribution < 1.29 is 9.53 Å². The van der Waals surface area contributed by atoms with Crippen LogP contribution in [0, 0.1) is 5.92 Å². The average Bonchev–Trinajstić information content (AvgIpc) is 2.45. The van der Waals surface area contributed by atoms with Gasteiger partial charge in [-0.1, -0.05) is 20.3 Å². The Morgan fingerprint density at radius 2 is 2.11 bits per heavy atom. The third-order valence-corrected chi connectivity index (χ3v) is 3.19. The number of carbonyl (C=O) groups is 1. The lowest BCUT2D eigenvalue weighted by Gasteiger charge is -2.25. The molecule has 0 saturated carbocycles. The van der Waals surface area contributed by atoms with Gasteiger partial charge < -0.3 is 9.64 Å².